The van der Waals surface area contributed by atoms with Crippen LogP contribution < -0.4 is 5.32 Å². The maximum Gasteiger partial charge on any atom is 0.251 e. The van der Waals surface area contributed by atoms with Crippen molar-refractivity contribution in [2.75, 3.05) is 39.9 Å². The van der Waals surface area contributed by atoms with Crippen molar-refractivity contribution in [3.8, 4) is 0 Å². The van der Waals surface area contributed by atoms with Gasteiger partial charge in [0.2, 0.25) is 10.0 Å². The smallest absolute Gasteiger partial charge is 0.251 e. The molecular weight excluding hydrogens is 450 g/mol. The number of carbonyl (C=O) groups is 1. The molecule has 4 rings (SSSR count). The van der Waals surface area contributed by atoms with Crippen molar-refractivity contribution in [2.45, 2.75) is 49.1 Å². The molecule has 184 valence electrons. The van der Waals surface area contributed by atoms with E-state index in [4.69, 9.17) is 4.74 Å². The van der Waals surface area contributed by atoms with Gasteiger partial charge in [0.15, 0.2) is 0 Å². The fourth-order valence-corrected chi connectivity index (χ4v) is 6.20. The van der Waals surface area contributed by atoms with Crippen LogP contribution in [0.25, 0.3) is 0 Å². The Labute approximate surface area is 203 Å². The van der Waals surface area contributed by atoms with E-state index in [0.717, 1.165) is 44.3 Å². The number of hydrogen-bond donors (Lipinski definition) is 1. The van der Waals surface area contributed by atoms with Crippen molar-refractivity contribution in [3.05, 3.63) is 65.7 Å². The molecule has 1 unspecified atom stereocenters. The van der Waals surface area contributed by atoms with Crippen LogP contribution in [0.4, 0.5) is 0 Å². The molecule has 0 aromatic heterocycles. The Morgan fingerprint density at radius 2 is 1.68 bits per heavy atom. The minimum atomic E-state index is -3.58. The van der Waals surface area contributed by atoms with Gasteiger partial charge >= 0.3 is 0 Å². The summed E-state index contributed by atoms with van der Waals surface area (Å²) in [6.45, 7) is 3.75. The van der Waals surface area contributed by atoms with Gasteiger partial charge in [-0.25, -0.2) is 8.42 Å². The summed E-state index contributed by atoms with van der Waals surface area (Å²) in [5.74, 6) is -0.216. The van der Waals surface area contributed by atoms with E-state index in [2.05, 4.69) is 10.2 Å². The first kappa shape index (κ1) is 24.9. The summed E-state index contributed by atoms with van der Waals surface area (Å²) in [4.78, 5) is 15.6. The first-order valence-corrected chi connectivity index (χ1v) is 13.6. The lowest BCUT2D eigenvalue weighted by molar-refractivity contribution is 0.0332. The fraction of sp³-hybridized carbons (Fsp3) is 0.500. The molecule has 2 aromatic rings. The van der Waals surface area contributed by atoms with Crippen LogP contribution in [0.1, 0.15) is 54.1 Å². The lowest BCUT2D eigenvalue weighted by Crippen LogP contribution is -2.43. The van der Waals surface area contributed by atoms with E-state index >= 15 is 0 Å². The van der Waals surface area contributed by atoms with E-state index in [1.165, 1.54) is 10.7 Å². The highest BCUT2D eigenvalue weighted by atomic mass is 32.2. The molecule has 0 radical (unpaired) electrons. The van der Waals surface area contributed by atoms with Gasteiger partial charge in [0.1, 0.15) is 0 Å². The van der Waals surface area contributed by atoms with E-state index in [1.54, 1.807) is 31.3 Å². The summed E-state index contributed by atoms with van der Waals surface area (Å²) in [6, 6.07) is 16.1. The number of benzene rings is 2. The summed E-state index contributed by atoms with van der Waals surface area (Å²) in [5.41, 5.74) is 1.48. The minimum Gasteiger partial charge on any atom is -0.379 e. The van der Waals surface area contributed by atoms with Crippen molar-refractivity contribution in [1.82, 2.24) is 14.5 Å². The third-order valence-corrected chi connectivity index (χ3v) is 8.86. The summed E-state index contributed by atoms with van der Waals surface area (Å²) in [7, 11) is -1.91. The molecule has 1 N–H and O–H groups in total. The zero-order chi connectivity index (χ0) is 24.0. The Bertz CT molecular complexity index is 1030. The molecule has 1 atom stereocenters. The normalized spacial score (nSPS) is 19.1. The molecule has 34 heavy (non-hydrogen) atoms. The SMILES string of the molecule is CN(C1CCCCC1)S(=O)(=O)c1ccc(C(=O)NC(CN2CCOCC2)c2ccccc2)cc1. The first-order chi connectivity index (χ1) is 16.4. The zero-order valence-electron chi connectivity index (χ0n) is 19.9. The van der Waals surface area contributed by atoms with Gasteiger partial charge in [-0.15, -0.1) is 0 Å². The monoisotopic (exact) mass is 485 g/mol. The van der Waals surface area contributed by atoms with Gasteiger partial charge in [-0.05, 0) is 42.7 Å². The Morgan fingerprint density at radius 1 is 1.03 bits per heavy atom. The third kappa shape index (κ3) is 6.05. The fourth-order valence-electron chi connectivity index (χ4n) is 4.79. The summed E-state index contributed by atoms with van der Waals surface area (Å²) in [6.07, 6.45) is 5.11. The standard InChI is InChI=1S/C26H35N3O4S/c1-28(23-10-6-3-7-11-23)34(31,32)24-14-12-22(13-15-24)26(30)27-25(21-8-4-2-5-9-21)20-29-16-18-33-19-17-29/h2,4-5,8-9,12-15,23,25H,3,6-7,10-11,16-20H2,1H3,(H,27,30). The molecule has 0 bridgehead atoms. The van der Waals surface area contributed by atoms with Gasteiger partial charge in [0.05, 0.1) is 24.2 Å². The number of ether oxygens (including phenoxy) is 1. The van der Waals surface area contributed by atoms with Crippen molar-refractivity contribution in [1.29, 1.82) is 0 Å². The summed E-state index contributed by atoms with van der Waals surface area (Å²) < 4.78 is 33.2. The second-order valence-corrected chi connectivity index (χ2v) is 11.2. The van der Waals surface area contributed by atoms with Crippen LogP contribution in [0.15, 0.2) is 59.5 Å². The van der Waals surface area contributed by atoms with Crippen LogP contribution in [0, 0.1) is 0 Å². The minimum absolute atomic E-state index is 0.0496. The maximum atomic E-state index is 13.1. The average Bonchev–Trinajstić information content (AvgIpc) is 2.89. The highest BCUT2D eigenvalue weighted by molar-refractivity contribution is 7.89. The molecule has 2 fully saturated rings. The van der Waals surface area contributed by atoms with Crippen LogP contribution in [-0.4, -0.2) is 69.5 Å². The second-order valence-electron chi connectivity index (χ2n) is 9.19. The molecule has 1 heterocycles. The number of amides is 1. The number of morpholine rings is 1. The summed E-state index contributed by atoms with van der Waals surface area (Å²) >= 11 is 0. The molecule has 1 saturated heterocycles. The van der Waals surface area contributed by atoms with E-state index in [9.17, 15) is 13.2 Å². The van der Waals surface area contributed by atoms with Gasteiger partial charge in [-0.3, -0.25) is 9.69 Å². The van der Waals surface area contributed by atoms with Gasteiger partial charge < -0.3 is 10.1 Å². The third-order valence-electron chi connectivity index (χ3n) is 6.93. The number of nitrogens with zero attached hydrogens (tertiary/aromatic N) is 2. The molecule has 1 aliphatic heterocycles. The lowest BCUT2D eigenvalue weighted by atomic mass is 9.96. The number of hydrogen-bond acceptors (Lipinski definition) is 5. The van der Waals surface area contributed by atoms with Gasteiger partial charge in [-0.2, -0.15) is 4.31 Å². The van der Waals surface area contributed by atoms with Crippen molar-refractivity contribution in [2.24, 2.45) is 0 Å². The van der Waals surface area contributed by atoms with Gasteiger partial charge in [-0.1, -0.05) is 49.6 Å². The maximum absolute atomic E-state index is 13.1. The Morgan fingerprint density at radius 3 is 2.32 bits per heavy atom. The highest BCUT2D eigenvalue weighted by Crippen LogP contribution is 2.26. The van der Waals surface area contributed by atoms with E-state index in [1.807, 2.05) is 30.3 Å². The van der Waals surface area contributed by atoms with E-state index in [-0.39, 0.29) is 22.9 Å². The van der Waals surface area contributed by atoms with Crippen molar-refractivity contribution < 1.29 is 17.9 Å². The number of sulfonamides is 1. The van der Waals surface area contributed by atoms with E-state index in [0.29, 0.717) is 25.3 Å². The molecule has 1 saturated carbocycles. The number of carbonyl (C=O) groups excluding carboxylic acids is 1. The predicted molar refractivity (Wildman–Crippen MR) is 132 cm³/mol. The Kier molecular flexibility index (Phi) is 8.37. The van der Waals surface area contributed by atoms with Crippen LogP contribution >= 0.6 is 0 Å². The molecule has 2 aliphatic rings. The molecule has 1 amide bonds. The van der Waals surface area contributed by atoms with Crippen molar-refractivity contribution >= 4 is 15.9 Å². The predicted octanol–water partition coefficient (Wildman–Crippen LogP) is 3.44. The largest absolute Gasteiger partial charge is 0.379 e. The second kappa shape index (κ2) is 11.4. The first-order valence-electron chi connectivity index (χ1n) is 12.2. The van der Waals surface area contributed by atoms with Crippen LogP contribution in [0.2, 0.25) is 0 Å². The van der Waals surface area contributed by atoms with Crippen LogP contribution in [0.5, 0.6) is 0 Å². The molecule has 2 aromatic carbocycles. The van der Waals surface area contributed by atoms with Crippen molar-refractivity contribution in [3.63, 3.8) is 0 Å². The topological polar surface area (TPSA) is 79.0 Å². The quantitative estimate of drug-likeness (QED) is 0.620. The average molecular weight is 486 g/mol. The van der Waals surface area contributed by atoms with E-state index < -0.39 is 10.0 Å². The molecule has 1 aliphatic carbocycles. The molecule has 0 spiro atoms. The summed E-state index contributed by atoms with van der Waals surface area (Å²) in [5, 5.41) is 3.15. The van der Waals surface area contributed by atoms with Gasteiger partial charge in [0.25, 0.3) is 5.91 Å². The van der Waals surface area contributed by atoms with Crippen LogP contribution in [0.3, 0.4) is 0 Å². The zero-order valence-corrected chi connectivity index (χ0v) is 20.7. The molecule has 7 nitrogen and oxygen atoms in total. The van der Waals surface area contributed by atoms with Crippen LogP contribution in [-0.2, 0) is 14.8 Å². The lowest BCUT2D eigenvalue weighted by Gasteiger charge is -2.31. The Hall–Kier alpha value is -2.26. The highest BCUT2D eigenvalue weighted by Gasteiger charge is 2.29. The number of rotatable bonds is 8. The van der Waals surface area contributed by atoms with Gasteiger partial charge in [0, 0.05) is 38.3 Å². The number of nitrogens with one attached hydrogen (secondary N) is 1. The molecular formula is C26H35N3O4S. The Balaban J connectivity index is 1.46. The molecule has 8 heteroatoms.